The van der Waals surface area contributed by atoms with E-state index in [0.717, 1.165) is 5.39 Å². The van der Waals surface area contributed by atoms with Crippen LogP contribution < -0.4 is 10.1 Å². The quantitative estimate of drug-likeness (QED) is 0.847. The standard InChI is InChI=1S/C13H14F3NO2/c1-18-11-4-2-3-9-7-10(19-12(9)11)8-17-6-5-13(14,15)16/h2-4,7,17H,5-6,8H2,1H3. The summed E-state index contributed by atoms with van der Waals surface area (Å²) in [4.78, 5) is 0. The highest BCUT2D eigenvalue weighted by atomic mass is 19.4. The molecule has 2 aromatic rings. The number of fused-ring (bicyclic) bond motifs is 1. The van der Waals surface area contributed by atoms with E-state index in [1.807, 2.05) is 12.1 Å². The number of furan rings is 1. The Kier molecular flexibility index (Phi) is 3.99. The molecule has 1 heterocycles. The third-order valence-electron chi connectivity index (χ3n) is 2.66. The van der Waals surface area contributed by atoms with Crippen LogP contribution in [0.25, 0.3) is 11.0 Å². The van der Waals surface area contributed by atoms with Crippen LogP contribution in [0.5, 0.6) is 5.75 Å². The molecular weight excluding hydrogens is 259 g/mol. The molecule has 2 rings (SSSR count). The molecule has 0 amide bonds. The highest BCUT2D eigenvalue weighted by molar-refractivity contribution is 5.83. The van der Waals surface area contributed by atoms with Gasteiger partial charge in [-0.05, 0) is 12.1 Å². The van der Waals surface area contributed by atoms with E-state index >= 15 is 0 Å². The van der Waals surface area contributed by atoms with E-state index in [9.17, 15) is 13.2 Å². The van der Waals surface area contributed by atoms with Crippen molar-refractivity contribution in [3.63, 3.8) is 0 Å². The smallest absolute Gasteiger partial charge is 0.390 e. The fourth-order valence-corrected chi connectivity index (χ4v) is 1.78. The largest absolute Gasteiger partial charge is 0.493 e. The predicted molar refractivity (Wildman–Crippen MR) is 65.1 cm³/mol. The molecule has 0 saturated heterocycles. The van der Waals surface area contributed by atoms with Crippen molar-refractivity contribution >= 4 is 11.0 Å². The maximum Gasteiger partial charge on any atom is 0.390 e. The van der Waals surface area contributed by atoms with Crippen LogP contribution >= 0.6 is 0 Å². The molecule has 0 fully saturated rings. The average Bonchev–Trinajstić information content (AvgIpc) is 2.76. The molecule has 0 aliphatic rings. The highest BCUT2D eigenvalue weighted by Crippen LogP contribution is 2.28. The van der Waals surface area contributed by atoms with Crippen molar-refractivity contribution < 1.29 is 22.3 Å². The molecule has 0 saturated carbocycles. The first-order valence-electron chi connectivity index (χ1n) is 5.82. The molecule has 1 aromatic carbocycles. The van der Waals surface area contributed by atoms with Gasteiger partial charge in [0.05, 0.1) is 20.1 Å². The van der Waals surface area contributed by atoms with Crippen LogP contribution in [0.2, 0.25) is 0 Å². The number of benzene rings is 1. The zero-order valence-electron chi connectivity index (χ0n) is 10.4. The van der Waals surface area contributed by atoms with Crippen LogP contribution in [-0.4, -0.2) is 19.8 Å². The third-order valence-corrected chi connectivity index (χ3v) is 2.66. The van der Waals surface area contributed by atoms with E-state index in [-0.39, 0.29) is 13.1 Å². The molecule has 0 radical (unpaired) electrons. The fraction of sp³-hybridized carbons (Fsp3) is 0.385. The maximum atomic E-state index is 12.0. The lowest BCUT2D eigenvalue weighted by atomic mass is 10.2. The van der Waals surface area contributed by atoms with Gasteiger partial charge in [-0.25, -0.2) is 0 Å². The van der Waals surface area contributed by atoms with E-state index in [0.29, 0.717) is 17.1 Å². The Balaban J connectivity index is 1.98. The van der Waals surface area contributed by atoms with Crippen LogP contribution in [0, 0.1) is 0 Å². The van der Waals surface area contributed by atoms with Crippen LogP contribution in [-0.2, 0) is 6.54 Å². The molecule has 1 N–H and O–H groups in total. The SMILES string of the molecule is COc1cccc2cc(CNCCC(F)(F)F)oc12. The van der Waals surface area contributed by atoms with Gasteiger partial charge in [0.1, 0.15) is 5.76 Å². The lowest BCUT2D eigenvalue weighted by Gasteiger charge is -2.06. The summed E-state index contributed by atoms with van der Waals surface area (Å²) in [5, 5.41) is 3.57. The van der Waals surface area contributed by atoms with Gasteiger partial charge in [-0.1, -0.05) is 12.1 Å². The minimum absolute atomic E-state index is 0.127. The number of halogens is 3. The van der Waals surface area contributed by atoms with E-state index in [1.54, 1.807) is 19.2 Å². The van der Waals surface area contributed by atoms with E-state index in [4.69, 9.17) is 9.15 Å². The van der Waals surface area contributed by atoms with Gasteiger partial charge in [0.15, 0.2) is 11.3 Å². The van der Waals surface area contributed by atoms with Gasteiger partial charge in [0, 0.05) is 11.9 Å². The second-order valence-electron chi connectivity index (χ2n) is 4.13. The zero-order valence-corrected chi connectivity index (χ0v) is 10.4. The van der Waals surface area contributed by atoms with Crippen molar-refractivity contribution in [1.82, 2.24) is 5.32 Å². The maximum absolute atomic E-state index is 12.0. The van der Waals surface area contributed by atoms with E-state index < -0.39 is 12.6 Å². The van der Waals surface area contributed by atoms with Crippen LogP contribution in [0.15, 0.2) is 28.7 Å². The van der Waals surface area contributed by atoms with Gasteiger partial charge in [-0.3, -0.25) is 0 Å². The van der Waals surface area contributed by atoms with Crippen molar-refractivity contribution in [3.05, 3.63) is 30.0 Å². The number of hydrogen-bond donors (Lipinski definition) is 1. The molecule has 1 aromatic heterocycles. The predicted octanol–water partition coefficient (Wildman–Crippen LogP) is 3.48. The summed E-state index contributed by atoms with van der Waals surface area (Å²) < 4.78 is 46.6. The fourth-order valence-electron chi connectivity index (χ4n) is 1.78. The molecule has 19 heavy (non-hydrogen) atoms. The second kappa shape index (κ2) is 5.52. The summed E-state index contributed by atoms with van der Waals surface area (Å²) in [6, 6.07) is 7.25. The second-order valence-corrected chi connectivity index (χ2v) is 4.13. The molecule has 0 aliphatic heterocycles. The van der Waals surface area contributed by atoms with Crippen molar-refractivity contribution in [3.8, 4) is 5.75 Å². The molecule has 0 bridgehead atoms. The molecule has 0 atom stereocenters. The molecular formula is C13H14F3NO2. The molecule has 0 aliphatic carbocycles. The van der Waals surface area contributed by atoms with E-state index in [2.05, 4.69) is 5.32 Å². The number of methoxy groups -OCH3 is 1. The molecule has 6 heteroatoms. The van der Waals surface area contributed by atoms with Crippen LogP contribution in [0.1, 0.15) is 12.2 Å². The summed E-state index contributed by atoms with van der Waals surface area (Å²) >= 11 is 0. The van der Waals surface area contributed by atoms with Gasteiger partial charge >= 0.3 is 6.18 Å². The first-order chi connectivity index (χ1) is 8.99. The van der Waals surface area contributed by atoms with E-state index in [1.165, 1.54) is 0 Å². The lowest BCUT2D eigenvalue weighted by Crippen LogP contribution is -2.21. The van der Waals surface area contributed by atoms with Crippen LogP contribution in [0.4, 0.5) is 13.2 Å². The monoisotopic (exact) mass is 273 g/mol. The summed E-state index contributed by atoms with van der Waals surface area (Å²) in [6.07, 6.45) is -4.99. The molecule has 3 nitrogen and oxygen atoms in total. The van der Waals surface area contributed by atoms with Crippen molar-refractivity contribution in [1.29, 1.82) is 0 Å². The normalized spacial score (nSPS) is 12.0. The first kappa shape index (κ1) is 13.7. The van der Waals surface area contributed by atoms with Crippen molar-refractivity contribution in [2.45, 2.75) is 19.1 Å². The molecule has 0 unspecified atom stereocenters. The Morgan fingerprint density at radius 1 is 1.32 bits per heavy atom. The Morgan fingerprint density at radius 3 is 2.79 bits per heavy atom. The molecule has 0 spiro atoms. The highest BCUT2D eigenvalue weighted by Gasteiger charge is 2.25. The topological polar surface area (TPSA) is 34.4 Å². The average molecular weight is 273 g/mol. The summed E-state index contributed by atoms with van der Waals surface area (Å²) in [6.45, 7) is 0.131. The number of rotatable bonds is 5. The van der Waals surface area contributed by atoms with Gasteiger partial charge in [-0.2, -0.15) is 13.2 Å². The van der Waals surface area contributed by atoms with Crippen molar-refractivity contribution in [2.75, 3.05) is 13.7 Å². The van der Waals surface area contributed by atoms with Crippen LogP contribution in [0.3, 0.4) is 0 Å². The zero-order chi connectivity index (χ0) is 13.9. The lowest BCUT2D eigenvalue weighted by molar-refractivity contribution is -0.133. The first-order valence-corrected chi connectivity index (χ1v) is 5.82. The Hall–Kier alpha value is -1.69. The minimum Gasteiger partial charge on any atom is -0.493 e. The summed E-state index contributed by atoms with van der Waals surface area (Å²) in [5.74, 6) is 1.20. The Morgan fingerprint density at radius 2 is 2.11 bits per heavy atom. The number of nitrogens with one attached hydrogen (secondary N) is 1. The van der Waals surface area contributed by atoms with Gasteiger partial charge in [0.2, 0.25) is 0 Å². The van der Waals surface area contributed by atoms with Crippen molar-refractivity contribution in [2.24, 2.45) is 0 Å². The summed E-state index contributed by atoms with van der Waals surface area (Å²) in [7, 11) is 1.54. The van der Waals surface area contributed by atoms with Gasteiger partial charge in [-0.15, -0.1) is 0 Å². The molecule has 104 valence electrons. The van der Waals surface area contributed by atoms with Gasteiger partial charge in [0.25, 0.3) is 0 Å². The summed E-state index contributed by atoms with van der Waals surface area (Å²) in [5.41, 5.74) is 0.609. The van der Waals surface area contributed by atoms with Gasteiger partial charge < -0.3 is 14.5 Å². The number of hydrogen-bond acceptors (Lipinski definition) is 3. The Bertz CT molecular complexity index is 548. The number of para-hydroxylation sites is 1. The Labute approximate surface area is 108 Å². The third kappa shape index (κ3) is 3.64. The number of alkyl halides is 3. The minimum atomic E-state index is -4.13. The number of ether oxygens (including phenoxy) is 1.